The van der Waals surface area contributed by atoms with Crippen LogP contribution >= 0.6 is 39.1 Å². The topological polar surface area (TPSA) is 64.9 Å². The SMILES string of the molecule is N#CCCNC(=O)CNc1ccc(Br)c(Cl)c1Cl. The normalized spacial score (nSPS) is 9.67. The first-order chi connectivity index (χ1) is 8.56. The number of anilines is 1. The third kappa shape index (κ3) is 4.37. The number of amides is 1. The molecule has 0 aliphatic heterocycles. The van der Waals surface area contributed by atoms with Gasteiger partial charge in [-0.1, -0.05) is 23.2 Å². The molecule has 1 rings (SSSR count). The first-order valence-corrected chi connectivity index (χ1v) is 6.62. The number of hydrogen-bond donors (Lipinski definition) is 2. The molecule has 0 radical (unpaired) electrons. The second-order valence-electron chi connectivity index (χ2n) is 3.33. The van der Waals surface area contributed by atoms with Crippen molar-refractivity contribution in [3.05, 3.63) is 26.7 Å². The van der Waals surface area contributed by atoms with Crippen molar-refractivity contribution in [3.63, 3.8) is 0 Å². The minimum atomic E-state index is -0.208. The zero-order valence-corrected chi connectivity index (χ0v) is 12.4. The van der Waals surface area contributed by atoms with Gasteiger partial charge in [-0.3, -0.25) is 4.79 Å². The highest BCUT2D eigenvalue weighted by Crippen LogP contribution is 2.35. The van der Waals surface area contributed by atoms with E-state index in [0.29, 0.717) is 26.8 Å². The molecular formula is C11H10BrCl2N3O. The number of carbonyl (C=O) groups is 1. The molecule has 0 saturated carbocycles. The van der Waals surface area contributed by atoms with Crippen molar-refractivity contribution in [2.75, 3.05) is 18.4 Å². The largest absolute Gasteiger partial charge is 0.375 e. The van der Waals surface area contributed by atoms with Gasteiger partial charge in [-0.15, -0.1) is 0 Å². The number of hydrogen-bond acceptors (Lipinski definition) is 3. The molecule has 1 amide bonds. The van der Waals surface area contributed by atoms with Crippen LogP contribution in [0.3, 0.4) is 0 Å². The van der Waals surface area contributed by atoms with Crippen LogP contribution in [-0.4, -0.2) is 19.0 Å². The Balaban J connectivity index is 2.52. The second kappa shape index (κ2) is 7.47. The second-order valence-corrected chi connectivity index (χ2v) is 4.94. The Kier molecular flexibility index (Phi) is 6.27. The maximum Gasteiger partial charge on any atom is 0.239 e. The summed E-state index contributed by atoms with van der Waals surface area (Å²) in [5.41, 5.74) is 0.584. The molecule has 18 heavy (non-hydrogen) atoms. The van der Waals surface area contributed by atoms with E-state index in [1.807, 2.05) is 6.07 Å². The Morgan fingerprint density at radius 2 is 2.11 bits per heavy atom. The quantitative estimate of drug-likeness (QED) is 0.633. The number of carbonyl (C=O) groups excluding carboxylic acids is 1. The van der Waals surface area contributed by atoms with Crippen LogP contribution in [0.15, 0.2) is 16.6 Å². The third-order valence-corrected chi connectivity index (χ3v) is 3.80. The molecule has 1 aromatic carbocycles. The highest BCUT2D eigenvalue weighted by atomic mass is 79.9. The van der Waals surface area contributed by atoms with Crippen molar-refractivity contribution in [2.45, 2.75) is 6.42 Å². The Bertz CT molecular complexity index is 488. The molecule has 96 valence electrons. The van der Waals surface area contributed by atoms with Crippen molar-refractivity contribution in [1.29, 1.82) is 5.26 Å². The molecule has 0 bridgehead atoms. The zero-order chi connectivity index (χ0) is 13.5. The van der Waals surface area contributed by atoms with Crippen LogP contribution in [0, 0.1) is 11.3 Å². The first kappa shape index (κ1) is 15.1. The average Bonchev–Trinajstić information content (AvgIpc) is 2.35. The molecule has 0 spiro atoms. The summed E-state index contributed by atoms with van der Waals surface area (Å²) in [6.07, 6.45) is 0.288. The highest BCUT2D eigenvalue weighted by molar-refractivity contribution is 9.10. The summed E-state index contributed by atoms with van der Waals surface area (Å²) >= 11 is 15.2. The van der Waals surface area contributed by atoms with Gasteiger partial charge >= 0.3 is 0 Å². The molecule has 0 aromatic heterocycles. The molecule has 0 fully saturated rings. The van der Waals surface area contributed by atoms with E-state index >= 15 is 0 Å². The van der Waals surface area contributed by atoms with Gasteiger partial charge in [0.25, 0.3) is 0 Å². The van der Waals surface area contributed by atoms with Crippen LogP contribution < -0.4 is 10.6 Å². The standard InChI is InChI=1S/C11H10BrCl2N3O/c12-7-2-3-8(11(14)10(7)13)17-6-9(18)16-5-1-4-15/h2-3,17H,1,5-6H2,(H,16,18). The summed E-state index contributed by atoms with van der Waals surface area (Å²) in [7, 11) is 0. The van der Waals surface area contributed by atoms with Crippen molar-refractivity contribution in [2.24, 2.45) is 0 Å². The van der Waals surface area contributed by atoms with Gasteiger partial charge in [0, 0.05) is 11.0 Å². The number of halogens is 3. The zero-order valence-electron chi connectivity index (χ0n) is 9.27. The maximum atomic E-state index is 11.4. The molecule has 2 N–H and O–H groups in total. The Hall–Kier alpha value is -0.960. The first-order valence-electron chi connectivity index (χ1n) is 5.07. The Labute approximate surface area is 123 Å². The fraction of sp³-hybridized carbons (Fsp3) is 0.273. The Morgan fingerprint density at radius 3 is 2.78 bits per heavy atom. The number of benzene rings is 1. The molecule has 1 aromatic rings. The van der Waals surface area contributed by atoms with Crippen LogP contribution in [0.4, 0.5) is 5.69 Å². The monoisotopic (exact) mass is 349 g/mol. The van der Waals surface area contributed by atoms with E-state index in [4.69, 9.17) is 28.5 Å². The minimum absolute atomic E-state index is 0.0725. The van der Waals surface area contributed by atoms with Crippen molar-refractivity contribution in [1.82, 2.24) is 5.32 Å². The molecule has 0 heterocycles. The summed E-state index contributed by atoms with van der Waals surface area (Å²) in [5, 5.41) is 14.5. The molecular weight excluding hydrogens is 341 g/mol. The fourth-order valence-electron chi connectivity index (χ4n) is 1.16. The third-order valence-electron chi connectivity index (χ3n) is 2.03. The number of nitriles is 1. The number of nitrogens with one attached hydrogen (secondary N) is 2. The predicted molar refractivity (Wildman–Crippen MR) is 75.9 cm³/mol. The number of nitrogens with zero attached hydrogens (tertiary/aromatic N) is 1. The van der Waals surface area contributed by atoms with E-state index in [9.17, 15) is 4.79 Å². The molecule has 0 aliphatic carbocycles. The van der Waals surface area contributed by atoms with Gasteiger partial charge in [0.2, 0.25) is 5.91 Å². The van der Waals surface area contributed by atoms with Gasteiger partial charge < -0.3 is 10.6 Å². The van der Waals surface area contributed by atoms with Crippen LogP contribution in [0.2, 0.25) is 10.0 Å². The molecule has 0 atom stereocenters. The molecule has 7 heteroatoms. The van der Waals surface area contributed by atoms with Crippen molar-refractivity contribution >= 4 is 50.7 Å². The van der Waals surface area contributed by atoms with Crippen molar-refractivity contribution in [3.8, 4) is 6.07 Å². The van der Waals surface area contributed by atoms with Crippen molar-refractivity contribution < 1.29 is 4.79 Å². The summed E-state index contributed by atoms with van der Waals surface area (Å²) in [5.74, 6) is -0.208. The molecule has 0 aliphatic rings. The Morgan fingerprint density at radius 1 is 1.39 bits per heavy atom. The lowest BCUT2D eigenvalue weighted by Crippen LogP contribution is -2.30. The maximum absolute atomic E-state index is 11.4. The lowest BCUT2D eigenvalue weighted by Gasteiger charge is -2.10. The summed E-state index contributed by atoms with van der Waals surface area (Å²) in [6, 6.07) is 5.40. The van der Waals surface area contributed by atoms with E-state index in [1.165, 1.54) is 0 Å². The van der Waals surface area contributed by atoms with Crippen LogP contribution in [0.1, 0.15) is 6.42 Å². The highest BCUT2D eigenvalue weighted by Gasteiger charge is 2.09. The predicted octanol–water partition coefficient (Wildman–Crippen LogP) is 3.20. The van der Waals surface area contributed by atoms with Crippen LogP contribution in [-0.2, 0) is 4.79 Å². The summed E-state index contributed by atoms with van der Waals surface area (Å²) in [6.45, 7) is 0.412. The van der Waals surface area contributed by atoms with Gasteiger partial charge in [-0.05, 0) is 28.1 Å². The van der Waals surface area contributed by atoms with E-state index in [-0.39, 0.29) is 18.9 Å². The summed E-state index contributed by atoms with van der Waals surface area (Å²) in [4.78, 5) is 11.4. The lowest BCUT2D eigenvalue weighted by molar-refractivity contribution is -0.119. The van der Waals surface area contributed by atoms with Gasteiger partial charge in [0.1, 0.15) is 0 Å². The van der Waals surface area contributed by atoms with E-state index in [2.05, 4.69) is 26.6 Å². The molecule has 4 nitrogen and oxygen atoms in total. The van der Waals surface area contributed by atoms with Crippen LogP contribution in [0.25, 0.3) is 0 Å². The smallest absolute Gasteiger partial charge is 0.239 e. The van der Waals surface area contributed by atoms with E-state index < -0.39 is 0 Å². The fourth-order valence-corrected chi connectivity index (χ4v) is 2.00. The van der Waals surface area contributed by atoms with E-state index in [0.717, 1.165) is 0 Å². The minimum Gasteiger partial charge on any atom is -0.375 e. The lowest BCUT2D eigenvalue weighted by atomic mass is 10.3. The summed E-state index contributed by atoms with van der Waals surface area (Å²) < 4.78 is 0.693. The van der Waals surface area contributed by atoms with Crippen LogP contribution in [0.5, 0.6) is 0 Å². The van der Waals surface area contributed by atoms with Gasteiger partial charge in [0.05, 0.1) is 34.8 Å². The van der Waals surface area contributed by atoms with Gasteiger partial charge in [-0.2, -0.15) is 5.26 Å². The van der Waals surface area contributed by atoms with Gasteiger partial charge in [0.15, 0.2) is 0 Å². The molecule has 0 saturated heterocycles. The number of rotatable bonds is 5. The average molecular weight is 351 g/mol. The van der Waals surface area contributed by atoms with E-state index in [1.54, 1.807) is 12.1 Å². The van der Waals surface area contributed by atoms with Gasteiger partial charge in [-0.25, -0.2) is 0 Å². The molecule has 0 unspecified atom stereocenters.